The fourth-order valence-corrected chi connectivity index (χ4v) is 1.83. The first-order valence-electron chi connectivity index (χ1n) is 6.13. The van der Waals surface area contributed by atoms with Crippen molar-refractivity contribution in [1.82, 2.24) is 4.98 Å². The third kappa shape index (κ3) is 3.26. The highest BCUT2D eigenvalue weighted by molar-refractivity contribution is 5.85. The summed E-state index contributed by atoms with van der Waals surface area (Å²) in [6.45, 7) is 0.706. The number of aromatic carboxylic acids is 1. The number of methoxy groups -OCH3 is 1. The number of hydrogen-bond acceptors (Lipinski definition) is 4. The lowest BCUT2D eigenvalue weighted by molar-refractivity contribution is 0.0690. The number of pyridine rings is 1. The predicted molar refractivity (Wildman–Crippen MR) is 76.3 cm³/mol. The van der Waals surface area contributed by atoms with Crippen LogP contribution in [-0.2, 0) is 6.54 Å². The van der Waals surface area contributed by atoms with Gasteiger partial charge in [-0.25, -0.2) is 9.78 Å². The molecule has 0 aliphatic rings. The standard InChI is InChI=1S/C15H16N2O3/c1-17(10-11-3-6-13(20-2)7-4-11)12-5-8-14(15(18)19)16-9-12/h3-9H,10H2,1-2H3,(H,18,19). The maximum absolute atomic E-state index is 10.7. The van der Waals surface area contributed by atoms with Gasteiger partial charge in [0, 0.05) is 13.6 Å². The summed E-state index contributed by atoms with van der Waals surface area (Å²) in [6.07, 6.45) is 1.56. The molecule has 2 aromatic rings. The van der Waals surface area contributed by atoms with Crippen molar-refractivity contribution in [3.05, 3.63) is 53.9 Å². The van der Waals surface area contributed by atoms with Crippen LogP contribution in [0.5, 0.6) is 5.75 Å². The van der Waals surface area contributed by atoms with E-state index in [-0.39, 0.29) is 5.69 Å². The number of anilines is 1. The SMILES string of the molecule is COc1ccc(CN(C)c2ccc(C(=O)O)nc2)cc1. The van der Waals surface area contributed by atoms with Gasteiger partial charge in [-0.3, -0.25) is 0 Å². The second-order valence-electron chi connectivity index (χ2n) is 4.41. The van der Waals surface area contributed by atoms with E-state index in [0.717, 1.165) is 17.0 Å². The van der Waals surface area contributed by atoms with E-state index in [1.54, 1.807) is 19.4 Å². The second-order valence-corrected chi connectivity index (χ2v) is 4.41. The Hall–Kier alpha value is -2.56. The molecule has 0 aliphatic heterocycles. The molecule has 0 amide bonds. The molecule has 20 heavy (non-hydrogen) atoms. The van der Waals surface area contributed by atoms with Crippen LogP contribution in [0.15, 0.2) is 42.6 Å². The smallest absolute Gasteiger partial charge is 0.354 e. The first kappa shape index (κ1) is 13.9. The van der Waals surface area contributed by atoms with Crippen LogP contribution in [0.4, 0.5) is 5.69 Å². The van der Waals surface area contributed by atoms with Crippen LogP contribution in [0.3, 0.4) is 0 Å². The number of carboxylic acids is 1. The van der Waals surface area contributed by atoms with E-state index in [2.05, 4.69) is 4.98 Å². The molecule has 1 heterocycles. The normalized spacial score (nSPS) is 10.1. The summed E-state index contributed by atoms with van der Waals surface area (Å²) in [7, 11) is 3.57. The Balaban J connectivity index is 2.06. The van der Waals surface area contributed by atoms with Crippen LogP contribution < -0.4 is 9.64 Å². The zero-order valence-corrected chi connectivity index (χ0v) is 11.4. The van der Waals surface area contributed by atoms with Crippen molar-refractivity contribution >= 4 is 11.7 Å². The molecule has 1 N–H and O–H groups in total. The summed E-state index contributed by atoms with van der Waals surface area (Å²) in [4.78, 5) is 16.7. The van der Waals surface area contributed by atoms with Gasteiger partial charge in [0.15, 0.2) is 0 Å². The molecule has 1 aromatic heterocycles. The number of hydrogen-bond donors (Lipinski definition) is 1. The molecular weight excluding hydrogens is 256 g/mol. The number of ether oxygens (including phenoxy) is 1. The maximum Gasteiger partial charge on any atom is 0.354 e. The van der Waals surface area contributed by atoms with Gasteiger partial charge in [0.05, 0.1) is 19.0 Å². The first-order chi connectivity index (χ1) is 9.60. The molecule has 2 rings (SSSR count). The molecule has 0 atom stereocenters. The molecule has 5 nitrogen and oxygen atoms in total. The van der Waals surface area contributed by atoms with Crippen molar-refractivity contribution in [1.29, 1.82) is 0 Å². The highest BCUT2D eigenvalue weighted by Crippen LogP contribution is 2.17. The van der Waals surface area contributed by atoms with Gasteiger partial charge >= 0.3 is 5.97 Å². The highest BCUT2D eigenvalue weighted by atomic mass is 16.5. The summed E-state index contributed by atoms with van der Waals surface area (Å²) in [5.74, 6) is -0.196. The summed E-state index contributed by atoms with van der Waals surface area (Å²) in [5.41, 5.74) is 2.05. The molecule has 0 saturated carbocycles. The van der Waals surface area contributed by atoms with E-state index in [1.165, 1.54) is 6.07 Å². The van der Waals surface area contributed by atoms with Crippen molar-refractivity contribution < 1.29 is 14.6 Å². The molecule has 0 unspecified atom stereocenters. The molecule has 0 saturated heterocycles. The Labute approximate surface area is 117 Å². The number of carbonyl (C=O) groups is 1. The molecule has 0 radical (unpaired) electrons. The number of aromatic nitrogens is 1. The lowest BCUT2D eigenvalue weighted by Gasteiger charge is -2.19. The van der Waals surface area contributed by atoms with Crippen molar-refractivity contribution in [3.63, 3.8) is 0 Å². The average molecular weight is 272 g/mol. The summed E-state index contributed by atoms with van der Waals surface area (Å²) < 4.78 is 5.12. The van der Waals surface area contributed by atoms with Crippen LogP contribution in [0, 0.1) is 0 Å². The van der Waals surface area contributed by atoms with E-state index in [9.17, 15) is 4.79 Å². The molecule has 104 valence electrons. The Bertz CT molecular complexity index is 579. The van der Waals surface area contributed by atoms with Crippen molar-refractivity contribution in [2.45, 2.75) is 6.54 Å². The van der Waals surface area contributed by atoms with Crippen LogP contribution >= 0.6 is 0 Å². The molecule has 0 bridgehead atoms. The van der Waals surface area contributed by atoms with E-state index in [1.807, 2.05) is 36.2 Å². The van der Waals surface area contributed by atoms with Gasteiger partial charge in [0.2, 0.25) is 0 Å². The van der Waals surface area contributed by atoms with Crippen LogP contribution in [0.25, 0.3) is 0 Å². The number of benzene rings is 1. The van der Waals surface area contributed by atoms with Crippen molar-refractivity contribution in [2.75, 3.05) is 19.1 Å². The van der Waals surface area contributed by atoms with Crippen LogP contribution in [-0.4, -0.2) is 30.2 Å². The van der Waals surface area contributed by atoms with Gasteiger partial charge in [0.25, 0.3) is 0 Å². The van der Waals surface area contributed by atoms with Gasteiger partial charge in [0.1, 0.15) is 11.4 Å². The van der Waals surface area contributed by atoms with Gasteiger partial charge in [-0.2, -0.15) is 0 Å². The van der Waals surface area contributed by atoms with Gasteiger partial charge in [-0.1, -0.05) is 12.1 Å². The Morgan fingerprint density at radius 2 is 1.95 bits per heavy atom. The van der Waals surface area contributed by atoms with Crippen molar-refractivity contribution in [3.8, 4) is 5.75 Å². The minimum Gasteiger partial charge on any atom is -0.497 e. The minimum absolute atomic E-state index is 0.0478. The zero-order valence-electron chi connectivity index (χ0n) is 11.4. The highest BCUT2D eigenvalue weighted by Gasteiger charge is 2.06. The number of carboxylic acid groups (broad SMARTS) is 1. The number of nitrogens with zero attached hydrogens (tertiary/aromatic N) is 2. The monoisotopic (exact) mass is 272 g/mol. The first-order valence-corrected chi connectivity index (χ1v) is 6.13. The largest absolute Gasteiger partial charge is 0.497 e. The molecule has 5 heteroatoms. The zero-order chi connectivity index (χ0) is 14.5. The average Bonchev–Trinajstić information content (AvgIpc) is 2.48. The lowest BCUT2D eigenvalue weighted by atomic mass is 10.2. The second kappa shape index (κ2) is 6.06. The van der Waals surface area contributed by atoms with Gasteiger partial charge < -0.3 is 14.7 Å². The third-order valence-electron chi connectivity index (χ3n) is 2.99. The van der Waals surface area contributed by atoms with Crippen molar-refractivity contribution in [2.24, 2.45) is 0 Å². The van der Waals surface area contributed by atoms with Gasteiger partial charge in [-0.05, 0) is 29.8 Å². The summed E-state index contributed by atoms with van der Waals surface area (Å²) in [6, 6.07) is 11.1. The van der Waals surface area contributed by atoms with E-state index in [4.69, 9.17) is 9.84 Å². The quantitative estimate of drug-likeness (QED) is 0.905. The molecule has 0 aliphatic carbocycles. The molecule has 0 fully saturated rings. The van der Waals surface area contributed by atoms with E-state index < -0.39 is 5.97 Å². The molecule has 1 aromatic carbocycles. The Kier molecular flexibility index (Phi) is 4.20. The third-order valence-corrected chi connectivity index (χ3v) is 2.99. The summed E-state index contributed by atoms with van der Waals surface area (Å²) >= 11 is 0. The minimum atomic E-state index is -1.02. The lowest BCUT2D eigenvalue weighted by Crippen LogP contribution is -2.16. The van der Waals surface area contributed by atoms with Gasteiger partial charge in [-0.15, -0.1) is 0 Å². The number of rotatable bonds is 5. The topological polar surface area (TPSA) is 62.7 Å². The fraction of sp³-hybridized carbons (Fsp3) is 0.200. The Morgan fingerprint density at radius 3 is 2.45 bits per heavy atom. The van der Waals surface area contributed by atoms with E-state index in [0.29, 0.717) is 6.54 Å². The molecular formula is C15H16N2O3. The van der Waals surface area contributed by atoms with E-state index >= 15 is 0 Å². The Morgan fingerprint density at radius 1 is 1.25 bits per heavy atom. The predicted octanol–water partition coefficient (Wildman–Crippen LogP) is 2.42. The summed E-state index contributed by atoms with van der Waals surface area (Å²) in [5, 5.41) is 8.81. The van der Waals surface area contributed by atoms with Crippen LogP contribution in [0.2, 0.25) is 0 Å². The van der Waals surface area contributed by atoms with Crippen LogP contribution in [0.1, 0.15) is 16.1 Å². The maximum atomic E-state index is 10.7. The molecule has 0 spiro atoms. The fourth-order valence-electron chi connectivity index (χ4n) is 1.83.